The quantitative estimate of drug-likeness (QED) is 0.396. The van der Waals surface area contributed by atoms with Gasteiger partial charge in [0.15, 0.2) is 0 Å². The van der Waals surface area contributed by atoms with Gasteiger partial charge in [-0.1, -0.05) is 44.5 Å². The van der Waals surface area contributed by atoms with Crippen LogP contribution in [-0.4, -0.2) is 67.0 Å². The number of alkyl halides is 3. The lowest BCUT2D eigenvalue weighted by Gasteiger charge is -2.15. The maximum Gasteiger partial charge on any atom is 0.490 e. The normalized spacial score (nSPS) is 16.6. The van der Waals surface area contributed by atoms with Crippen LogP contribution < -0.4 is 16.0 Å². The van der Waals surface area contributed by atoms with E-state index in [0.717, 1.165) is 56.8 Å². The maximum absolute atomic E-state index is 12.4. The van der Waals surface area contributed by atoms with Crippen LogP contribution in [0, 0.1) is 5.92 Å². The van der Waals surface area contributed by atoms with Crippen LogP contribution in [0.5, 0.6) is 0 Å². The van der Waals surface area contributed by atoms with E-state index < -0.39 is 12.1 Å². The molecule has 0 saturated carbocycles. The summed E-state index contributed by atoms with van der Waals surface area (Å²) >= 11 is 0. The van der Waals surface area contributed by atoms with Gasteiger partial charge in [0.05, 0.1) is 11.7 Å². The van der Waals surface area contributed by atoms with Gasteiger partial charge in [-0.25, -0.2) is 4.79 Å². The van der Waals surface area contributed by atoms with Crippen molar-refractivity contribution in [3.63, 3.8) is 0 Å². The molecule has 1 aliphatic rings. The minimum Gasteiger partial charge on any atom is -0.475 e. The van der Waals surface area contributed by atoms with E-state index in [1.165, 1.54) is 5.56 Å². The third-order valence-electron chi connectivity index (χ3n) is 5.76. The van der Waals surface area contributed by atoms with Crippen molar-refractivity contribution in [2.24, 2.45) is 5.92 Å². The largest absolute Gasteiger partial charge is 0.490 e. The van der Waals surface area contributed by atoms with Gasteiger partial charge in [-0.3, -0.25) is 9.78 Å². The molecule has 2 heterocycles. The molecule has 4 N–H and O–H groups in total. The third kappa shape index (κ3) is 11.3. The first-order valence-corrected chi connectivity index (χ1v) is 12.3. The minimum atomic E-state index is -5.08. The second-order valence-electron chi connectivity index (χ2n) is 8.87. The van der Waals surface area contributed by atoms with Gasteiger partial charge in [0, 0.05) is 50.7 Å². The Morgan fingerprint density at radius 3 is 2.57 bits per heavy atom. The van der Waals surface area contributed by atoms with E-state index in [2.05, 4.69) is 59.0 Å². The lowest BCUT2D eigenvalue weighted by Crippen LogP contribution is -2.35. The van der Waals surface area contributed by atoms with E-state index in [0.29, 0.717) is 18.0 Å². The highest BCUT2D eigenvalue weighted by molar-refractivity contribution is 5.95. The maximum atomic E-state index is 12.4. The van der Waals surface area contributed by atoms with Crippen molar-refractivity contribution in [3.05, 3.63) is 53.9 Å². The van der Waals surface area contributed by atoms with Gasteiger partial charge in [0.2, 0.25) is 0 Å². The fourth-order valence-corrected chi connectivity index (χ4v) is 3.33. The molecule has 37 heavy (non-hydrogen) atoms. The molecule has 1 unspecified atom stereocenters. The number of aliphatic carboxylic acids is 1. The summed E-state index contributed by atoms with van der Waals surface area (Å²) in [6.07, 6.45) is 0.692. The number of carbonyl (C=O) groups is 2. The van der Waals surface area contributed by atoms with Crippen molar-refractivity contribution >= 4 is 11.9 Å². The number of hydrogen-bond donors (Lipinski definition) is 4. The van der Waals surface area contributed by atoms with E-state index in [1.54, 1.807) is 12.4 Å². The molecule has 1 saturated heterocycles. The Morgan fingerprint density at radius 2 is 1.92 bits per heavy atom. The smallest absolute Gasteiger partial charge is 0.475 e. The Labute approximate surface area is 215 Å². The van der Waals surface area contributed by atoms with Gasteiger partial charge in [0.1, 0.15) is 0 Å². The molecule has 1 aromatic carbocycles. The molecule has 0 spiro atoms. The van der Waals surface area contributed by atoms with Gasteiger partial charge in [-0.05, 0) is 36.1 Å². The number of aromatic nitrogens is 1. The Morgan fingerprint density at radius 1 is 1.22 bits per heavy atom. The molecular weight excluding hydrogens is 489 g/mol. The predicted octanol–water partition coefficient (Wildman–Crippen LogP) is 3.63. The number of ether oxygens (including phenoxy) is 1. The number of hydrogen-bond acceptors (Lipinski definition) is 6. The molecule has 8 nitrogen and oxygen atoms in total. The number of carbonyl (C=O) groups excluding carboxylic acids is 1. The predicted molar refractivity (Wildman–Crippen MR) is 134 cm³/mol. The molecule has 1 fully saturated rings. The number of benzene rings is 1. The Kier molecular flexibility index (Phi) is 12.5. The number of rotatable bonds is 9. The van der Waals surface area contributed by atoms with Crippen LogP contribution in [0.4, 0.5) is 13.2 Å². The zero-order valence-corrected chi connectivity index (χ0v) is 21.1. The van der Waals surface area contributed by atoms with Crippen LogP contribution >= 0.6 is 0 Å². The van der Waals surface area contributed by atoms with E-state index in [-0.39, 0.29) is 12.0 Å². The summed E-state index contributed by atoms with van der Waals surface area (Å²) in [6.45, 7) is 9.35. The molecule has 3 rings (SSSR count). The van der Waals surface area contributed by atoms with Crippen molar-refractivity contribution in [2.45, 2.75) is 45.5 Å². The molecule has 1 aliphatic heterocycles. The number of amides is 1. The number of halogens is 3. The Bertz CT molecular complexity index is 979. The van der Waals surface area contributed by atoms with E-state index in [1.807, 2.05) is 6.07 Å². The summed E-state index contributed by atoms with van der Waals surface area (Å²) in [5.41, 5.74) is 3.82. The number of nitrogens with zero attached hydrogens (tertiary/aromatic N) is 1. The SMILES string of the molecule is CC[C@H](C)CNC(=O)c1cncc(-c2ccc(CNCC3CNCCCO3)cc2)c1.O=C(O)C(F)(F)F. The van der Waals surface area contributed by atoms with Crippen LogP contribution in [0.1, 0.15) is 42.6 Å². The van der Waals surface area contributed by atoms with E-state index >= 15 is 0 Å². The van der Waals surface area contributed by atoms with Crippen molar-refractivity contribution in [3.8, 4) is 11.1 Å². The molecule has 0 radical (unpaired) electrons. The lowest BCUT2D eigenvalue weighted by molar-refractivity contribution is -0.192. The number of carboxylic acids is 1. The molecule has 2 aromatic rings. The number of pyridine rings is 1. The van der Waals surface area contributed by atoms with Crippen molar-refractivity contribution in [1.82, 2.24) is 20.9 Å². The fraction of sp³-hybridized carbons (Fsp3) is 0.500. The average Bonchev–Trinajstić information content (AvgIpc) is 3.16. The molecule has 0 aliphatic carbocycles. The number of carboxylic acid groups (broad SMARTS) is 1. The topological polar surface area (TPSA) is 113 Å². The highest BCUT2D eigenvalue weighted by Gasteiger charge is 2.38. The molecule has 0 bridgehead atoms. The second kappa shape index (κ2) is 15.3. The monoisotopic (exact) mass is 524 g/mol. The van der Waals surface area contributed by atoms with Crippen molar-refractivity contribution < 1.29 is 32.6 Å². The van der Waals surface area contributed by atoms with Crippen LogP contribution in [0.3, 0.4) is 0 Å². The summed E-state index contributed by atoms with van der Waals surface area (Å²) in [4.78, 5) is 25.6. The van der Waals surface area contributed by atoms with Crippen LogP contribution in [0.2, 0.25) is 0 Å². The lowest BCUT2D eigenvalue weighted by atomic mass is 10.0. The van der Waals surface area contributed by atoms with Gasteiger partial charge >= 0.3 is 12.1 Å². The molecular formula is C26H35F3N4O4. The summed E-state index contributed by atoms with van der Waals surface area (Å²) in [6, 6.07) is 10.3. The standard InChI is InChI=1S/C24H34N4O2.C2HF3O2/c1-3-18(2)12-28-24(29)22-11-21(14-27-15-22)20-7-5-19(6-8-20)13-26-17-23-16-25-9-4-10-30-23;3-2(4,5)1(6)7/h5-8,11,14-15,18,23,25-26H,3-4,9-10,12-13,16-17H2,1-2H3,(H,28,29);(H,6,7)/t18-,23?;/m0./s1. The highest BCUT2D eigenvalue weighted by Crippen LogP contribution is 2.20. The van der Waals surface area contributed by atoms with Crippen molar-refractivity contribution in [2.75, 3.05) is 32.8 Å². The molecule has 2 atom stereocenters. The average molecular weight is 525 g/mol. The Balaban J connectivity index is 0.000000604. The van der Waals surface area contributed by atoms with E-state index in [4.69, 9.17) is 14.6 Å². The van der Waals surface area contributed by atoms with Crippen LogP contribution in [-0.2, 0) is 16.1 Å². The summed E-state index contributed by atoms with van der Waals surface area (Å²) < 4.78 is 37.6. The minimum absolute atomic E-state index is 0.0688. The zero-order chi connectivity index (χ0) is 27.3. The van der Waals surface area contributed by atoms with Gasteiger partial charge in [-0.15, -0.1) is 0 Å². The summed E-state index contributed by atoms with van der Waals surface area (Å²) in [7, 11) is 0. The first-order chi connectivity index (χ1) is 17.6. The van der Waals surface area contributed by atoms with Gasteiger partial charge in [0.25, 0.3) is 5.91 Å². The molecule has 11 heteroatoms. The number of nitrogens with one attached hydrogen (secondary N) is 3. The summed E-state index contributed by atoms with van der Waals surface area (Å²) in [5.74, 6) is -2.36. The van der Waals surface area contributed by atoms with Crippen molar-refractivity contribution in [1.29, 1.82) is 0 Å². The molecule has 1 aromatic heterocycles. The van der Waals surface area contributed by atoms with Gasteiger partial charge < -0.3 is 25.8 Å². The fourth-order valence-electron chi connectivity index (χ4n) is 3.33. The van der Waals surface area contributed by atoms with Crippen LogP contribution in [0.25, 0.3) is 11.1 Å². The third-order valence-corrected chi connectivity index (χ3v) is 5.76. The first kappa shape index (κ1) is 30.2. The summed E-state index contributed by atoms with van der Waals surface area (Å²) in [5, 5.41) is 17.0. The second-order valence-corrected chi connectivity index (χ2v) is 8.87. The van der Waals surface area contributed by atoms with Gasteiger partial charge in [-0.2, -0.15) is 13.2 Å². The Hall–Kier alpha value is -3.02. The van der Waals surface area contributed by atoms with E-state index in [9.17, 15) is 18.0 Å². The molecule has 204 valence electrons. The van der Waals surface area contributed by atoms with Crippen LogP contribution in [0.15, 0.2) is 42.7 Å². The highest BCUT2D eigenvalue weighted by atomic mass is 19.4. The molecule has 1 amide bonds. The zero-order valence-electron chi connectivity index (χ0n) is 21.1. The first-order valence-electron chi connectivity index (χ1n) is 12.3.